The lowest BCUT2D eigenvalue weighted by Gasteiger charge is -2.15. The van der Waals surface area contributed by atoms with Crippen LogP contribution in [0.15, 0.2) is 29.3 Å². The quantitative estimate of drug-likeness (QED) is 0.371. The fraction of sp³-hybridized carbons (Fsp3) is 0.533. The second-order valence-corrected chi connectivity index (χ2v) is 7.51. The number of halogens is 3. The van der Waals surface area contributed by atoms with E-state index in [0.29, 0.717) is 18.1 Å². The van der Waals surface area contributed by atoms with Crippen molar-refractivity contribution in [2.45, 2.75) is 12.9 Å². The Kier molecular flexibility index (Phi) is 8.66. The Morgan fingerprint density at radius 1 is 1.19 bits per heavy atom. The van der Waals surface area contributed by atoms with E-state index in [1.165, 1.54) is 25.2 Å². The van der Waals surface area contributed by atoms with Gasteiger partial charge in [-0.05, 0) is 6.07 Å². The molecule has 0 fully saturated rings. The number of hydrogen-bond donors (Lipinski definition) is 2. The van der Waals surface area contributed by atoms with Crippen LogP contribution in [0.1, 0.15) is 5.56 Å². The summed E-state index contributed by atoms with van der Waals surface area (Å²) in [5.41, 5.74) is 0.317. The molecule has 11 heteroatoms. The second-order valence-electron chi connectivity index (χ2n) is 5.25. The molecule has 0 heterocycles. The van der Waals surface area contributed by atoms with E-state index < -0.39 is 16.2 Å². The van der Waals surface area contributed by atoms with Gasteiger partial charge in [-0.15, -0.1) is 13.2 Å². The number of benzene rings is 1. The minimum Gasteiger partial charge on any atom is -0.405 e. The van der Waals surface area contributed by atoms with Gasteiger partial charge >= 0.3 is 6.36 Å². The Morgan fingerprint density at radius 2 is 1.88 bits per heavy atom. The van der Waals surface area contributed by atoms with Crippen LogP contribution >= 0.6 is 0 Å². The third-order valence-electron chi connectivity index (χ3n) is 3.01. The molecule has 7 nitrogen and oxygen atoms in total. The van der Waals surface area contributed by atoms with Crippen molar-refractivity contribution in [1.82, 2.24) is 10.6 Å². The van der Waals surface area contributed by atoms with Gasteiger partial charge in [0.15, 0.2) is 5.96 Å². The van der Waals surface area contributed by atoms with E-state index in [1.54, 1.807) is 6.07 Å². The topological polar surface area (TPSA) is 89.0 Å². The average molecular weight is 397 g/mol. The van der Waals surface area contributed by atoms with E-state index in [2.05, 4.69) is 20.4 Å². The maximum Gasteiger partial charge on any atom is 0.573 e. The van der Waals surface area contributed by atoms with Crippen LogP contribution in [0, 0.1) is 0 Å². The van der Waals surface area contributed by atoms with E-state index >= 15 is 0 Å². The molecule has 0 aliphatic heterocycles. The zero-order valence-electron chi connectivity index (χ0n) is 14.5. The van der Waals surface area contributed by atoms with Crippen LogP contribution in [0.3, 0.4) is 0 Å². The number of alkyl halides is 3. The molecule has 1 aromatic rings. The summed E-state index contributed by atoms with van der Waals surface area (Å²) in [7, 11) is -1.55. The molecule has 0 radical (unpaired) electrons. The number of sulfone groups is 1. The molecule has 0 amide bonds. The number of rotatable bonds is 9. The molecular formula is C15H22F3N3O4S. The lowest BCUT2D eigenvalue weighted by atomic mass is 10.2. The maximum absolute atomic E-state index is 12.4. The average Bonchev–Trinajstić information content (AvgIpc) is 2.52. The van der Waals surface area contributed by atoms with Crippen LogP contribution in [-0.4, -0.2) is 59.6 Å². The highest BCUT2D eigenvalue weighted by molar-refractivity contribution is 7.90. The van der Waals surface area contributed by atoms with Crippen molar-refractivity contribution in [3.63, 3.8) is 0 Å². The van der Waals surface area contributed by atoms with Crippen LogP contribution in [-0.2, 0) is 21.1 Å². The summed E-state index contributed by atoms with van der Waals surface area (Å²) in [5.74, 6) is 0.0151. The molecule has 0 bridgehead atoms. The molecule has 0 aliphatic rings. The zero-order chi connectivity index (χ0) is 19.6. The molecule has 0 atom stereocenters. The molecule has 1 aromatic carbocycles. The van der Waals surface area contributed by atoms with E-state index in [9.17, 15) is 21.6 Å². The van der Waals surface area contributed by atoms with Gasteiger partial charge in [0.2, 0.25) is 0 Å². The van der Waals surface area contributed by atoms with Gasteiger partial charge in [-0.2, -0.15) is 0 Å². The van der Waals surface area contributed by atoms with E-state index in [-0.39, 0.29) is 31.3 Å². The van der Waals surface area contributed by atoms with Gasteiger partial charge in [0.05, 0.1) is 19.0 Å². The number of ether oxygens (including phenoxy) is 2. The molecule has 2 N–H and O–H groups in total. The van der Waals surface area contributed by atoms with Gasteiger partial charge in [0.25, 0.3) is 0 Å². The fourth-order valence-electron chi connectivity index (χ4n) is 1.83. The molecule has 0 aliphatic carbocycles. The summed E-state index contributed by atoms with van der Waals surface area (Å²) >= 11 is 0. The molecule has 0 saturated heterocycles. The van der Waals surface area contributed by atoms with Crippen molar-refractivity contribution < 1.29 is 31.1 Å². The number of para-hydroxylation sites is 1. The highest BCUT2D eigenvalue weighted by atomic mass is 32.2. The predicted molar refractivity (Wildman–Crippen MR) is 91.9 cm³/mol. The second kappa shape index (κ2) is 10.2. The molecule has 0 aromatic heterocycles. The predicted octanol–water partition coefficient (Wildman–Crippen LogP) is 1.31. The smallest absolute Gasteiger partial charge is 0.405 e. The standard InChI is InChI=1S/C15H22F3N3O4S/c1-19-14(20-7-8-24-9-10-26(2,22)23)21-11-12-5-3-4-6-13(12)25-15(16,17)18/h3-6H,7-11H2,1-2H3,(H2,19,20,21). The number of aliphatic imine (C=N–C) groups is 1. The van der Waals surface area contributed by atoms with E-state index in [1.807, 2.05) is 0 Å². The van der Waals surface area contributed by atoms with Gasteiger partial charge < -0.3 is 20.1 Å². The molecule has 148 valence electrons. The first-order chi connectivity index (χ1) is 12.1. The van der Waals surface area contributed by atoms with Crippen LogP contribution in [0.25, 0.3) is 0 Å². The Hall–Kier alpha value is -2.01. The van der Waals surface area contributed by atoms with Crippen LogP contribution in [0.5, 0.6) is 5.75 Å². The van der Waals surface area contributed by atoms with Crippen LogP contribution < -0.4 is 15.4 Å². The van der Waals surface area contributed by atoms with Gasteiger partial charge in [0, 0.05) is 32.0 Å². The van der Waals surface area contributed by atoms with Gasteiger partial charge in [-0.1, -0.05) is 18.2 Å². The first-order valence-electron chi connectivity index (χ1n) is 7.64. The fourth-order valence-corrected chi connectivity index (χ4v) is 2.25. The first-order valence-corrected chi connectivity index (χ1v) is 9.70. The monoisotopic (exact) mass is 397 g/mol. The lowest BCUT2D eigenvalue weighted by molar-refractivity contribution is -0.274. The number of hydrogen-bond acceptors (Lipinski definition) is 5. The lowest BCUT2D eigenvalue weighted by Crippen LogP contribution is -2.38. The number of guanidine groups is 1. The van der Waals surface area contributed by atoms with Gasteiger partial charge in [-0.25, -0.2) is 8.42 Å². The van der Waals surface area contributed by atoms with E-state index in [4.69, 9.17) is 4.74 Å². The Balaban J connectivity index is 2.41. The third kappa shape index (κ3) is 10.1. The largest absolute Gasteiger partial charge is 0.573 e. The summed E-state index contributed by atoms with van der Waals surface area (Å²) in [5, 5.41) is 5.77. The summed E-state index contributed by atoms with van der Waals surface area (Å²) in [6.07, 6.45) is -3.64. The van der Waals surface area contributed by atoms with Crippen molar-refractivity contribution >= 4 is 15.8 Å². The number of nitrogens with zero attached hydrogens (tertiary/aromatic N) is 1. The molecule has 0 saturated carbocycles. The Bertz CT molecular complexity index is 694. The molecular weight excluding hydrogens is 375 g/mol. The van der Waals surface area contributed by atoms with Crippen LogP contribution in [0.2, 0.25) is 0 Å². The SMILES string of the molecule is CN=C(NCCOCCS(C)(=O)=O)NCc1ccccc1OC(F)(F)F. The minimum atomic E-state index is -4.76. The first kappa shape index (κ1) is 22.0. The summed E-state index contributed by atoms with van der Waals surface area (Å²) < 4.78 is 68.2. The Labute approximate surface area is 150 Å². The number of nitrogens with one attached hydrogen (secondary N) is 2. The molecule has 0 spiro atoms. The molecule has 1 rings (SSSR count). The molecule has 0 unspecified atom stereocenters. The third-order valence-corrected chi connectivity index (χ3v) is 3.91. The summed E-state index contributed by atoms with van der Waals surface area (Å²) in [4.78, 5) is 3.94. The van der Waals surface area contributed by atoms with E-state index in [0.717, 1.165) is 6.26 Å². The van der Waals surface area contributed by atoms with Gasteiger partial charge in [-0.3, -0.25) is 4.99 Å². The van der Waals surface area contributed by atoms with Crippen molar-refractivity contribution in [1.29, 1.82) is 0 Å². The van der Waals surface area contributed by atoms with Crippen molar-refractivity contribution in [2.24, 2.45) is 4.99 Å². The summed E-state index contributed by atoms with van der Waals surface area (Å²) in [6.45, 7) is 0.768. The molecule has 26 heavy (non-hydrogen) atoms. The Morgan fingerprint density at radius 3 is 2.50 bits per heavy atom. The minimum absolute atomic E-state index is 0.0596. The van der Waals surface area contributed by atoms with Crippen molar-refractivity contribution in [3.8, 4) is 5.75 Å². The summed E-state index contributed by atoms with van der Waals surface area (Å²) in [6, 6.07) is 5.80. The van der Waals surface area contributed by atoms with Crippen LogP contribution in [0.4, 0.5) is 13.2 Å². The maximum atomic E-state index is 12.4. The normalized spacial score (nSPS) is 12.7. The zero-order valence-corrected chi connectivity index (χ0v) is 15.3. The highest BCUT2D eigenvalue weighted by Crippen LogP contribution is 2.25. The van der Waals surface area contributed by atoms with Crippen molar-refractivity contribution in [3.05, 3.63) is 29.8 Å². The highest BCUT2D eigenvalue weighted by Gasteiger charge is 2.31. The van der Waals surface area contributed by atoms with Crippen molar-refractivity contribution in [2.75, 3.05) is 38.8 Å². The van der Waals surface area contributed by atoms with Gasteiger partial charge in [0.1, 0.15) is 15.6 Å².